The molecule has 8 heteroatoms. The van der Waals surface area contributed by atoms with Crippen LogP contribution in [0.1, 0.15) is 0 Å². The van der Waals surface area contributed by atoms with E-state index >= 15 is 0 Å². The standard InChI is InChI=1S/C8H10O6S2/c9-15(10)13-6-7-16(11,12)14-8-4-2-1-3-5-8/h1-5H,6-7H2,(H,9,10)/p-1. The van der Waals surface area contributed by atoms with Crippen LogP contribution in [0.25, 0.3) is 0 Å². The fourth-order valence-electron chi connectivity index (χ4n) is 0.868. The van der Waals surface area contributed by atoms with Crippen LogP contribution in [0.15, 0.2) is 30.3 Å². The Kier molecular flexibility index (Phi) is 4.87. The molecule has 1 aromatic carbocycles. The first-order valence-electron chi connectivity index (χ1n) is 4.19. The van der Waals surface area contributed by atoms with Gasteiger partial charge >= 0.3 is 10.1 Å². The predicted octanol–water partition coefficient (Wildman–Crippen LogP) is 0.206. The summed E-state index contributed by atoms with van der Waals surface area (Å²) in [5.41, 5.74) is 0. The zero-order chi connectivity index (χ0) is 12.0. The van der Waals surface area contributed by atoms with Gasteiger partial charge in [0, 0.05) is 0 Å². The molecule has 0 amide bonds. The van der Waals surface area contributed by atoms with Crippen LogP contribution in [0.4, 0.5) is 0 Å². The molecule has 1 atom stereocenters. The van der Waals surface area contributed by atoms with Crippen molar-refractivity contribution in [3.05, 3.63) is 30.3 Å². The summed E-state index contributed by atoms with van der Waals surface area (Å²) in [6, 6.07) is 7.90. The van der Waals surface area contributed by atoms with Gasteiger partial charge < -0.3 is 8.74 Å². The van der Waals surface area contributed by atoms with Crippen LogP contribution in [0.2, 0.25) is 0 Å². The zero-order valence-corrected chi connectivity index (χ0v) is 9.70. The molecule has 0 N–H and O–H groups in total. The fourth-order valence-corrected chi connectivity index (χ4v) is 1.97. The number of hydrogen-bond donors (Lipinski definition) is 0. The molecule has 0 aliphatic carbocycles. The van der Waals surface area contributed by atoms with E-state index in [1.807, 2.05) is 0 Å². The van der Waals surface area contributed by atoms with Crippen LogP contribution < -0.4 is 4.18 Å². The Morgan fingerprint density at radius 1 is 1.25 bits per heavy atom. The van der Waals surface area contributed by atoms with Crippen molar-refractivity contribution in [1.29, 1.82) is 0 Å². The molecule has 0 saturated heterocycles. The predicted molar refractivity (Wildman–Crippen MR) is 55.7 cm³/mol. The Hall–Kier alpha value is -0.960. The lowest BCUT2D eigenvalue weighted by Gasteiger charge is -2.07. The Morgan fingerprint density at radius 2 is 1.88 bits per heavy atom. The van der Waals surface area contributed by atoms with E-state index in [1.54, 1.807) is 18.2 Å². The average molecular weight is 265 g/mol. The molecule has 0 radical (unpaired) electrons. The van der Waals surface area contributed by atoms with Gasteiger partial charge in [0.05, 0.1) is 18.0 Å². The van der Waals surface area contributed by atoms with Gasteiger partial charge in [0.15, 0.2) is 0 Å². The zero-order valence-electron chi connectivity index (χ0n) is 8.07. The first kappa shape index (κ1) is 13.1. The van der Waals surface area contributed by atoms with Gasteiger partial charge in [-0.2, -0.15) is 8.42 Å². The maximum absolute atomic E-state index is 11.3. The molecule has 0 saturated carbocycles. The van der Waals surface area contributed by atoms with Crippen LogP contribution >= 0.6 is 0 Å². The third kappa shape index (κ3) is 5.21. The third-order valence-electron chi connectivity index (χ3n) is 1.48. The molecule has 0 aromatic heterocycles. The Bertz CT molecular complexity index is 441. The molecule has 0 aliphatic heterocycles. The van der Waals surface area contributed by atoms with E-state index in [9.17, 15) is 17.2 Å². The maximum Gasteiger partial charge on any atom is 0.311 e. The van der Waals surface area contributed by atoms with Gasteiger partial charge in [-0.05, 0) is 12.1 Å². The molecule has 1 rings (SSSR count). The van der Waals surface area contributed by atoms with Gasteiger partial charge in [-0.25, -0.2) is 4.21 Å². The first-order chi connectivity index (χ1) is 7.49. The van der Waals surface area contributed by atoms with Crippen LogP contribution in [0.5, 0.6) is 5.75 Å². The van der Waals surface area contributed by atoms with Gasteiger partial charge in [-0.3, -0.25) is 4.18 Å². The summed E-state index contributed by atoms with van der Waals surface area (Å²) in [7, 11) is -3.83. The molecule has 0 heterocycles. The van der Waals surface area contributed by atoms with Gasteiger partial charge in [-0.15, -0.1) is 0 Å². The molecule has 16 heavy (non-hydrogen) atoms. The van der Waals surface area contributed by atoms with E-state index in [1.165, 1.54) is 12.1 Å². The number of hydrogen-bond acceptors (Lipinski definition) is 6. The summed E-state index contributed by atoms with van der Waals surface area (Å²) >= 11 is -2.72. The van der Waals surface area contributed by atoms with Gasteiger partial charge in [0.2, 0.25) is 0 Å². The highest BCUT2D eigenvalue weighted by Crippen LogP contribution is 2.11. The Balaban J connectivity index is 2.49. The minimum atomic E-state index is -3.83. The number of benzene rings is 1. The fraction of sp³-hybridized carbons (Fsp3) is 0.250. The highest BCUT2D eigenvalue weighted by molar-refractivity contribution is 7.87. The Morgan fingerprint density at radius 3 is 2.44 bits per heavy atom. The number of para-hydroxylation sites is 1. The highest BCUT2D eigenvalue weighted by atomic mass is 32.2. The molecule has 0 spiro atoms. The van der Waals surface area contributed by atoms with Crippen molar-refractivity contribution < 1.29 is 25.5 Å². The van der Waals surface area contributed by atoms with E-state index < -0.39 is 33.8 Å². The van der Waals surface area contributed by atoms with Crippen molar-refractivity contribution in [2.24, 2.45) is 0 Å². The van der Waals surface area contributed by atoms with E-state index in [0.29, 0.717) is 0 Å². The highest BCUT2D eigenvalue weighted by Gasteiger charge is 2.12. The van der Waals surface area contributed by atoms with Crippen molar-refractivity contribution in [3.8, 4) is 5.75 Å². The van der Waals surface area contributed by atoms with Crippen molar-refractivity contribution >= 4 is 21.5 Å². The molecule has 0 aliphatic rings. The van der Waals surface area contributed by atoms with Crippen molar-refractivity contribution in [1.82, 2.24) is 0 Å². The van der Waals surface area contributed by atoms with Crippen LogP contribution in [-0.4, -0.2) is 29.5 Å². The van der Waals surface area contributed by atoms with Crippen LogP contribution in [0.3, 0.4) is 0 Å². The minimum Gasteiger partial charge on any atom is -0.750 e. The van der Waals surface area contributed by atoms with Crippen LogP contribution in [0, 0.1) is 0 Å². The topological polar surface area (TPSA) is 92.7 Å². The summed E-state index contributed by atoms with van der Waals surface area (Å²) in [4.78, 5) is 0. The van der Waals surface area contributed by atoms with Gasteiger partial charge in [-0.1, -0.05) is 18.2 Å². The summed E-state index contributed by atoms with van der Waals surface area (Å²) in [6.07, 6.45) is 0. The molecule has 90 valence electrons. The van der Waals surface area contributed by atoms with Crippen molar-refractivity contribution in [2.45, 2.75) is 0 Å². The molecule has 0 bridgehead atoms. The summed E-state index contributed by atoms with van der Waals surface area (Å²) in [5.74, 6) is -0.360. The third-order valence-corrected chi connectivity index (χ3v) is 2.95. The summed E-state index contributed by atoms with van der Waals surface area (Å²) in [5, 5.41) is 0. The second-order valence-corrected chi connectivity index (χ2v) is 5.02. The largest absolute Gasteiger partial charge is 0.750 e. The lowest BCUT2D eigenvalue weighted by Crippen LogP contribution is -2.18. The minimum absolute atomic E-state index is 0.172. The summed E-state index contributed by atoms with van der Waals surface area (Å²) in [6.45, 7) is -0.467. The molecular formula is C8H9O6S2-. The average Bonchev–Trinajstić information content (AvgIpc) is 2.17. The molecule has 0 fully saturated rings. The lowest BCUT2D eigenvalue weighted by molar-refractivity contribution is 0.316. The van der Waals surface area contributed by atoms with Gasteiger partial charge in [0.1, 0.15) is 11.5 Å². The molecule has 6 nitrogen and oxygen atoms in total. The molecular weight excluding hydrogens is 256 g/mol. The van der Waals surface area contributed by atoms with E-state index in [-0.39, 0.29) is 5.75 Å². The van der Waals surface area contributed by atoms with Crippen LogP contribution in [-0.2, 0) is 25.7 Å². The first-order valence-corrected chi connectivity index (χ1v) is 6.77. The normalized spacial score (nSPS) is 13.3. The van der Waals surface area contributed by atoms with E-state index in [4.69, 9.17) is 0 Å². The van der Waals surface area contributed by atoms with Crippen molar-refractivity contribution in [2.75, 3.05) is 12.4 Å². The van der Waals surface area contributed by atoms with Gasteiger partial charge in [0.25, 0.3) is 0 Å². The second kappa shape index (κ2) is 5.94. The van der Waals surface area contributed by atoms with Crippen molar-refractivity contribution in [3.63, 3.8) is 0 Å². The lowest BCUT2D eigenvalue weighted by atomic mass is 10.3. The monoisotopic (exact) mass is 265 g/mol. The quantitative estimate of drug-likeness (QED) is 0.539. The number of rotatable bonds is 6. The summed E-state index contributed by atoms with van der Waals surface area (Å²) < 4.78 is 51.3. The van der Waals surface area contributed by atoms with E-state index in [0.717, 1.165) is 0 Å². The maximum atomic E-state index is 11.3. The Labute approximate surface area is 95.8 Å². The smallest absolute Gasteiger partial charge is 0.311 e. The second-order valence-electron chi connectivity index (χ2n) is 2.68. The molecule has 1 unspecified atom stereocenters. The molecule has 1 aromatic rings. The SMILES string of the molecule is O=S([O-])OCCS(=O)(=O)Oc1ccccc1. The van der Waals surface area contributed by atoms with E-state index in [2.05, 4.69) is 8.37 Å².